The first-order chi connectivity index (χ1) is 50.0. The van der Waals surface area contributed by atoms with E-state index in [1.165, 1.54) is 13.8 Å². The van der Waals surface area contributed by atoms with Crippen LogP contribution in [-0.4, -0.2) is 75.9 Å². The Morgan fingerprint density at radius 1 is 0.371 bits per heavy atom. The van der Waals surface area contributed by atoms with Gasteiger partial charge < -0.3 is 41.1 Å². The Kier molecular flexibility index (Phi) is 21.5. The summed E-state index contributed by atoms with van der Waals surface area (Å²) in [5.74, 6) is -0.363. The Balaban J connectivity index is 1.17. The highest BCUT2D eigenvalue weighted by Crippen LogP contribution is 2.47. The van der Waals surface area contributed by atoms with E-state index >= 15 is 4.79 Å². The minimum Gasteiger partial charge on any atom is -0.534 e. The molecule has 1 fully saturated rings. The fraction of sp³-hybridized carbons (Fsp3) is 0.270. The third kappa shape index (κ3) is 14.4. The van der Waals surface area contributed by atoms with Crippen molar-refractivity contribution in [2.24, 2.45) is 0 Å². The van der Waals surface area contributed by atoms with E-state index in [1.807, 2.05) is 158 Å². The van der Waals surface area contributed by atoms with E-state index in [0.717, 1.165) is 41.5 Å². The molecule has 5 atom stereocenters. The fourth-order valence-corrected chi connectivity index (χ4v) is 33.6. The van der Waals surface area contributed by atoms with Crippen molar-refractivity contribution in [3.05, 3.63) is 289 Å². The minimum atomic E-state index is -3.74. The average Bonchev–Trinajstić information content (AvgIpc) is 0.735. The van der Waals surface area contributed by atoms with Crippen molar-refractivity contribution in [1.29, 1.82) is 0 Å². The molecule has 0 spiro atoms. The number of rotatable bonds is 21. The molecule has 540 valence electrons. The van der Waals surface area contributed by atoms with Crippen LogP contribution in [0.25, 0.3) is 22.3 Å². The van der Waals surface area contributed by atoms with Crippen LogP contribution in [0.1, 0.15) is 104 Å². The number of carbonyl (C=O) groups is 2. The molecule has 1 aliphatic rings. The summed E-state index contributed by atoms with van der Waals surface area (Å²) in [7, 11) is -14.1. The lowest BCUT2D eigenvalue weighted by atomic mass is 9.99. The molecule has 12 nitrogen and oxygen atoms in total. The number of esters is 2. The number of hydrogen-bond acceptors (Lipinski definition) is 12. The Morgan fingerprint density at radius 2 is 0.686 bits per heavy atom. The van der Waals surface area contributed by atoms with E-state index in [1.54, 1.807) is 6.92 Å². The van der Waals surface area contributed by atoms with E-state index in [-0.39, 0.29) is 33.3 Å². The molecule has 0 aliphatic carbocycles. The van der Waals surface area contributed by atoms with E-state index in [2.05, 4.69) is 204 Å². The molecule has 1 aromatic heterocycles. The first-order valence-electron chi connectivity index (χ1n) is 36.1. The van der Waals surface area contributed by atoms with Crippen LogP contribution in [-0.2, 0) is 28.2 Å². The minimum absolute atomic E-state index is 0.0232. The van der Waals surface area contributed by atoms with Gasteiger partial charge in [0, 0.05) is 31.5 Å². The first-order valence-corrected chi connectivity index (χ1v) is 43.8. The molecule has 1 saturated heterocycles. The van der Waals surface area contributed by atoms with Crippen molar-refractivity contribution in [2.75, 3.05) is 0 Å². The van der Waals surface area contributed by atoms with Gasteiger partial charge in [0.25, 0.3) is 8.32 Å². The van der Waals surface area contributed by atoms with E-state index in [4.69, 9.17) is 41.1 Å². The highest BCUT2D eigenvalue weighted by atomic mass is 28.4. The van der Waals surface area contributed by atoms with Crippen LogP contribution in [0.5, 0.6) is 23.0 Å². The molecule has 10 aromatic carbocycles. The lowest BCUT2D eigenvalue weighted by Gasteiger charge is -2.50. The molecule has 0 radical (unpaired) electrons. The molecule has 105 heavy (non-hydrogen) atoms. The van der Waals surface area contributed by atoms with E-state index in [9.17, 15) is 9.59 Å². The maximum absolute atomic E-state index is 17.5. The summed E-state index contributed by atoms with van der Waals surface area (Å²) in [6.45, 7) is 30.6. The summed E-state index contributed by atoms with van der Waals surface area (Å²) in [5, 5.41) is 5.83. The molecule has 0 amide bonds. The quantitative estimate of drug-likeness (QED) is 0.0500. The molecule has 11 aromatic rings. The summed E-state index contributed by atoms with van der Waals surface area (Å²) >= 11 is 0. The van der Waals surface area contributed by atoms with Crippen LogP contribution in [0.15, 0.2) is 288 Å². The van der Waals surface area contributed by atoms with E-state index in [0.29, 0.717) is 17.1 Å². The van der Waals surface area contributed by atoms with Gasteiger partial charge in [-0.1, -0.05) is 326 Å². The van der Waals surface area contributed by atoms with Gasteiger partial charge in [-0.05, 0) is 92.8 Å². The van der Waals surface area contributed by atoms with Crippen molar-refractivity contribution in [1.82, 2.24) is 0 Å². The highest BCUT2D eigenvalue weighted by Gasteiger charge is 2.60. The SMILES string of the molecule is CC(=O)OC1C(C)OC(Oc2c(-c3ccc(O[Si](c4ccccc4)(c4ccccc4)C(C)(C)C)cc3)oc3cc(O[Si](c4ccccc4)(c4ccccc4)C(C)(C)C)cc(O[Si](c4ccccc4)(c4ccccc4)C(C)(C)C)c3c2=O)C(O[Si](c2ccccc2)(c2ccccc2)C(C)(C)C)C1OC(C)=O. The average molecular weight is 1470 g/mol. The molecule has 12 rings (SSSR count). The zero-order chi connectivity index (χ0) is 74.7. The standard InChI is InChI=1S/C89H96O12Si4/c1-62-80(94-63(2)90)83(95-64(3)91)84(101-105(89(13,14)15,74-52-36-22-37-53-74)75-54-38-23-39-55-75)85(93-62)97-82-79(92)78-76(96-81(82)65-56-58-66(59-57-65)98-102(86(4,5)6,68-40-24-16-25-41-68)69-42-26-17-27-43-69)60-67(99-103(87(7,8)9,70-44-28-18-29-45-70)71-46-30-19-31-47-71)61-77(78)100-104(88(10,11)12,72-48-32-20-33-49-72)73-50-34-21-35-51-73/h16-62,80,83-85H,1-15H3. The molecule has 0 saturated carbocycles. The molecule has 1 aliphatic heterocycles. The second-order valence-electron chi connectivity index (χ2n) is 31.4. The molecule has 16 heteroatoms. The Hall–Kier alpha value is -9.66. The van der Waals surface area contributed by atoms with Gasteiger partial charge in [0.05, 0.1) is 6.10 Å². The van der Waals surface area contributed by atoms with Crippen molar-refractivity contribution in [2.45, 2.75) is 155 Å². The topological polar surface area (TPSA) is 138 Å². The van der Waals surface area contributed by atoms with Crippen LogP contribution >= 0.6 is 0 Å². The van der Waals surface area contributed by atoms with Crippen LogP contribution in [0.2, 0.25) is 20.2 Å². The summed E-state index contributed by atoms with van der Waals surface area (Å²) < 4.78 is 66.8. The van der Waals surface area contributed by atoms with Gasteiger partial charge in [-0.2, -0.15) is 0 Å². The van der Waals surface area contributed by atoms with Gasteiger partial charge in [-0.25, -0.2) is 0 Å². The number of hydrogen-bond donors (Lipinski definition) is 0. The summed E-state index contributed by atoms with van der Waals surface area (Å²) in [6.07, 6.45) is -6.61. The molecular formula is C89H96O12Si4. The van der Waals surface area contributed by atoms with Crippen molar-refractivity contribution in [3.8, 4) is 34.3 Å². The molecule has 0 N–H and O–H groups in total. The number of carbonyl (C=O) groups excluding carboxylic acids is 2. The maximum atomic E-state index is 17.5. The monoisotopic (exact) mass is 1470 g/mol. The third-order valence-corrected chi connectivity index (χ3v) is 40.2. The van der Waals surface area contributed by atoms with Crippen LogP contribution in [0, 0.1) is 0 Å². The van der Waals surface area contributed by atoms with Gasteiger partial charge in [0.15, 0.2) is 18.0 Å². The molecule has 5 unspecified atom stereocenters. The van der Waals surface area contributed by atoms with Gasteiger partial charge in [0.1, 0.15) is 34.3 Å². The molecule has 0 bridgehead atoms. The maximum Gasteiger partial charge on any atom is 0.319 e. The van der Waals surface area contributed by atoms with Crippen molar-refractivity contribution < 1.29 is 50.7 Å². The zero-order valence-corrected chi connectivity index (χ0v) is 66.8. The van der Waals surface area contributed by atoms with Crippen molar-refractivity contribution >= 4 is 97.7 Å². The first kappa shape index (κ1) is 75.0. The predicted octanol–water partition coefficient (Wildman–Crippen LogP) is 15.2. The van der Waals surface area contributed by atoms with Gasteiger partial charge in [-0.15, -0.1) is 0 Å². The second kappa shape index (κ2) is 30.1. The van der Waals surface area contributed by atoms with Gasteiger partial charge in [-0.3, -0.25) is 14.4 Å². The predicted molar refractivity (Wildman–Crippen MR) is 431 cm³/mol. The highest BCUT2D eigenvalue weighted by molar-refractivity contribution is 7.02. The van der Waals surface area contributed by atoms with Gasteiger partial charge >= 0.3 is 36.9 Å². The number of ether oxygens (including phenoxy) is 4. The van der Waals surface area contributed by atoms with E-state index < -0.39 is 96.5 Å². The number of fused-ring (bicyclic) bond motifs is 1. The fourth-order valence-electron chi connectivity index (χ4n) is 15.7. The Labute approximate surface area is 622 Å². The smallest absolute Gasteiger partial charge is 0.319 e. The summed E-state index contributed by atoms with van der Waals surface area (Å²) in [4.78, 5) is 44.8. The van der Waals surface area contributed by atoms with Crippen LogP contribution < -0.4 is 64.9 Å². The summed E-state index contributed by atoms with van der Waals surface area (Å²) in [6, 6.07) is 93.6. The molecule has 2 heterocycles. The Bertz CT molecular complexity index is 4670. The lowest BCUT2D eigenvalue weighted by Crippen LogP contribution is -2.72. The number of benzene rings is 10. The van der Waals surface area contributed by atoms with Crippen LogP contribution in [0.3, 0.4) is 0 Å². The van der Waals surface area contributed by atoms with Gasteiger partial charge in [0.2, 0.25) is 17.5 Å². The Morgan fingerprint density at radius 3 is 1.02 bits per heavy atom. The largest absolute Gasteiger partial charge is 0.534 e. The van der Waals surface area contributed by atoms with Crippen LogP contribution in [0.4, 0.5) is 0 Å². The second-order valence-corrected chi connectivity index (χ2v) is 48.3. The third-order valence-electron chi connectivity index (χ3n) is 20.4. The normalized spacial score (nSPS) is 16.9. The molecular weight excluding hydrogens is 1370 g/mol. The van der Waals surface area contributed by atoms with Crippen molar-refractivity contribution in [3.63, 3.8) is 0 Å². The summed E-state index contributed by atoms with van der Waals surface area (Å²) in [5.41, 5.74) is -0.0336. The zero-order valence-electron chi connectivity index (χ0n) is 62.8. The lowest BCUT2D eigenvalue weighted by molar-refractivity contribution is -0.272.